The van der Waals surface area contributed by atoms with Gasteiger partial charge < -0.3 is 25.2 Å². The third-order valence-electron chi connectivity index (χ3n) is 4.16. The minimum Gasteiger partial charge on any atom is -0.394 e. The molecule has 2 heterocycles. The van der Waals surface area contributed by atoms with Crippen molar-refractivity contribution >= 4 is 0 Å². The van der Waals surface area contributed by atoms with Gasteiger partial charge in [-0.25, -0.2) is 0 Å². The van der Waals surface area contributed by atoms with Crippen LogP contribution in [0.2, 0.25) is 0 Å². The van der Waals surface area contributed by atoms with E-state index >= 15 is 0 Å². The highest BCUT2D eigenvalue weighted by molar-refractivity contribution is 4.88. The van der Waals surface area contributed by atoms with Crippen molar-refractivity contribution in [3.63, 3.8) is 0 Å². The van der Waals surface area contributed by atoms with Crippen LogP contribution in [-0.2, 0) is 9.47 Å². The third kappa shape index (κ3) is 3.65. The van der Waals surface area contributed by atoms with Crippen molar-refractivity contribution in [2.45, 2.75) is 25.4 Å². The Hall–Kier alpha value is -0.200. The number of nitrogens with two attached hydrogens (primary N) is 1. The molecule has 0 aliphatic carbocycles. The quantitative estimate of drug-likeness (QED) is 0.692. The van der Waals surface area contributed by atoms with E-state index in [9.17, 15) is 0 Å². The lowest BCUT2D eigenvalue weighted by Crippen LogP contribution is -2.47. The first kappa shape index (κ1) is 14.2. The molecule has 3 N–H and O–H groups in total. The number of likely N-dealkylation sites (tertiary alicyclic amines) is 1. The average molecular weight is 258 g/mol. The molecule has 0 saturated carbocycles. The zero-order valence-corrected chi connectivity index (χ0v) is 11.1. The van der Waals surface area contributed by atoms with Gasteiger partial charge in [-0.3, -0.25) is 0 Å². The van der Waals surface area contributed by atoms with Crippen molar-refractivity contribution in [3.05, 3.63) is 0 Å². The molecule has 0 radical (unpaired) electrons. The molecule has 106 valence electrons. The van der Waals surface area contributed by atoms with Crippen LogP contribution in [0.3, 0.4) is 0 Å². The van der Waals surface area contributed by atoms with Crippen molar-refractivity contribution in [3.8, 4) is 0 Å². The lowest BCUT2D eigenvalue weighted by atomic mass is 9.86. The van der Waals surface area contributed by atoms with E-state index in [4.69, 9.17) is 20.3 Å². The highest BCUT2D eigenvalue weighted by Gasteiger charge is 2.36. The number of hydrogen-bond donors (Lipinski definition) is 2. The smallest absolute Gasteiger partial charge is 0.0701 e. The zero-order valence-electron chi connectivity index (χ0n) is 11.1. The van der Waals surface area contributed by atoms with Gasteiger partial charge in [-0.1, -0.05) is 0 Å². The Labute approximate surface area is 109 Å². The predicted molar refractivity (Wildman–Crippen MR) is 69.4 cm³/mol. The van der Waals surface area contributed by atoms with E-state index in [-0.39, 0.29) is 12.0 Å². The molecule has 0 aromatic heterocycles. The normalized spacial score (nSPS) is 31.0. The fourth-order valence-electron chi connectivity index (χ4n) is 2.93. The molecule has 5 heteroatoms. The van der Waals surface area contributed by atoms with Gasteiger partial charge >= 0.3 is 0 Å². The number of piperidine rings is 1. The lowest BCUT2D eigenvalue weighted by Gasteiger charge is -2.37. The predicted octanol–water partition coefficient (Wildman–Crippen LogP) is -0.175. The fourth-order valence-corrected chi connectivity index (χ4v) is 2.93. The summed E-state index contributed by atoms with van der Waals surface area (Å²) in [6.07, 6.45) is 3.52. The number of aliphatic hydroxyl groups is 1. The Morgan fingerprint density at radius 2 is 2.17 bits per heavy atom. The third-order valence-corrected chi connectivity index (χ3v) is 4.16. The molecule has 2 aliphatic heterocycles. The summed E-state index contributed by atoms with van der Waals surface area (Å²) in [7, 11) is 0. The van der Waals surface area contributed by atoms with Crippen molar-refractivity contribution < 1.29 is 14.6 Å². The molecule has 0 aromatic rings. The molecule has 1 atom stereocenters. The summed E-state index contributed by atoms with van der Waals surface area (Å²) >= 11 is 0. The summed E-state index contributed by atoms with van der Waals surface area (Å²) < 4.78 is 11.1. The highest BCUT2D eigenvalue weighted by atomic mass is 16.5. The summed E-state index contributed by atoms with van der Waals surface area (Å²) in [6, 6.07) is 0. The van der Waals surface area contributed by atoms with Crippen molar-refractivity contribution in [1.82, 2.24) is 4.90 Å². The van der Waals surface area contributed by atoms with E-state index in [0.29, 0.717) is 19.3 Å². The largest absolute Gasteiger partial charge is 0.394 e. The van der Waals surface area contributed by atoms with Crippen LogP contribution >= 0.6 is 0 Å². The first-order valence-corrected chi connectivity index (χ1v) is 7.01. The van der Waals surface area contributed by atoms with Gasteiger partial charge in [0.1, 0.15) is 0 Å². The number of nitrogens with zero attached hydrogens (tertiary/aromatic N) is 1. The van der Waals surface area contributed by atoms with Crippen LogP contribution in [-0.4, -0.2) is 68.7 Å². The Morgan fingerprint density at radius 3 is 2.72 bits per heavy atom. The number of hydrogen-bond acceptors (Lipinski definition) is 5. The van der Waals surface area contributed by atoms with Gasteiger partial charge in [0.25, 0.3) is 0 Å². The number of ether oxygens (including phenoxy) is 2. The number of rotatable bonds is 6. The molecule has 18 heavy (non-hydrogen) atoms. The van der Waals surface area contributed by atoms with E-state index < -0.39 is 0 Å². The zero-order chi connectivity index (χ0) is 12.8. The monoisotopic (exact) mass is 258 g/mol. The second-order valence-corrected chi connectivity index (χ2v) is 5.58. The second-order valence-electron chi connectivity index (χ2n) is 5.58. The standard InChI is InChI=1S/C13H26N2O3/c14-9-13(3-7-17-11-13)10-15-4-1-12(2-5-15)18-8-6-16/h12,16H,1-11,14H2. The summed E-state index contributed by atoms with van der Waals surface area (Å²) in [4.78, 5) is 2.49. The first-order chi connectivity index (χ1) is 8.78. The van der Waals surface area contributed by atoms with Gasteiger partial charge in [-0.15, -0.1) is 0 Å². The maximum atomic E-state index is 8.74. The van der Waals surface area contributed by atoms with Gasteiger partial charge in [-0.05, 0) is 19.3 Å². The first-order valence-electron chi connectivity index (χ1n) is 7.01. The molecule has 5 nitrogen and oxygen atoms in total. The average Bonchev–Trinajstić information content (AvgIpc) is 2.87. The SMILES string of the molecule is NCC1(CN2CCC(OCCO)CC2)CCOC1. The van der Waals surface area contributed by atoms with Crippen LogP contribution in [0, 0.1) is 5.41 Å². The molecule has 2 aliphatic rings. The summed E-state index contributed by atoms with van der Waals surface area (Å²) in [6.45, 7) is 6.15. The minimum atomic E-state index is 0.119. The van der Waals surface area contributed by atoms with Gasteiger partial charge in [0.05, 0.1) is 25.9 Å². The number of aliphatic hydroxyl groups excluding tert-OH is 1. The Balaban J connectivity index is 1.72. The van der Waals surface area contributed by atoms with Gasteiger partial charge in [0.2, 0.25) is 0 Å². The van der Waals surface area contributed by atoms with E-state index in [1.807, 2.05) is 0 Å². The van der Waals surface area contributed by atoms with E-state index in [1.54, 1.807) is 0 Å². The van der Waals surface area contributed by atoms with Crippen LogP contribution in [0.1, 0.15) is 19.3 Å². The van der Waals surface area contributed by atoms with E-state index in [2.05, 4.69) is 4.90 Å². The van der Waals surface area contributed by atoms with Crippen LogP contribution in [0.4, 0.5) is 0 Å². The molecule has 2 rings (SSSR count). The lowest BCUT2D eigenvalue weighted by molar-refractivity contribution is -0.0150. The fraction of sp³-hybridized carbons (Fsp3) is 1.00. The van der Waals surface area contributed by atoms with Gasteiger partial charge in [0, 0.05) is 38.2 Å². The molecular formula is C13H26N2O3. The highest BCUT2D eigenvalue weighted by Crippen LogP contribution is 2.29. The van der Waals surface area contributed by atoms with E-state index in [0.717, 1.165) is 52.1 Å². The van der Waals surface area contributed by atoms with Crippen LogP contribution in [0.25, 0.3) is 0 Å². The van der Waals surface area contributed by atoms with Crippen molar-refractivity contribution in [2.24, 2.45) is 11.1 Å². The topological polar surface area (TPSA) is 68.0 Å². The Bertz CT molecular complexity index is 236. The molecule has 2 saturated heterocycles. The Morgan fingerprint density at radius 1 is 1.39 bits per heavy atom. The van der Waals surface area contributed by atoms with Gasteiger partial charge in [0.15, 0.2) is 0 Å². The van der Waals surface area contributed by atoms with Crippen molar-refractivity contribution in [2.75, 3.05) is 52.6 Å². The maximum absolute atomic E-state index is 8.74. The molecule has 0 aromatic carbocycles. The molecule has 0 amide bonds. The maximum Gasteiger partial charge on any atom is 0.0701 e. The summed E-state index contributed by atoms with van der Waals surface area (Å²) in [5, 5.41) is 8.74. The summed E-state index contributed by atoms with van der Waals surface area (Å²) in [5.74, 6) is 0. The van der Waals surface area contributed by atoms with E-state index in [1.165, 1.54) is 0 Å². The van der Waals surface area contributed by atoms with Crippen LogP contribution < -0.4 is 5.73 Å². The van der Waals surface area contributed by atoms with Crippen molar-refractivity contribution in [1.29, 1.82) is 0 Å². The molecule has 0 bridgehead atoms. The molecular weight excluding hydrogens is 232 g/mol. The van der Waals surface area contributed by atoms with Gasteiger partial charge in [-0.2, -0.15) is 0 Å². The Kier molecular flexibility index (Phi) is 5.38. The molecule has 1 unspecified atom stereocenters. The van der Waals surface area contributed by atoms with Crippen LogP contribution in [0.15, 0.2) is 0 Å². The summed E-state index contributed by atoms with van der Waals surface area (Å²) in [5.41, 5.74) is 6.10. The van der Waals surface area contributed by atoms with Crippen LogP contribution in [0.5, 0.6) is 0 Å². The molecule has 0 spiro atoms. The minimum absolute atomic E-state index is 0.119. The second kappa shape index (κ2) is 6.82. The molecule has 2 fully saturated rings.